The lowest BCUT2D eigenvalue weighted by atomic mass is 10.2. The molecule has 3 nitrogen and oxygen atoms in total. The summed E-state index contributed by atoms with van der Waals surface area (Å²) in [5.74, 6) is 7.45. The van der Waals surface area contributed by atoms with Crippen molar-refractivity contribution in [1.29, 1.82) is 0 Å². The lowest BCUT2D eigenvalue weighted by molar-refractivity contribution is 0.298. The molecule has 1 aromatic heterocycles. The first-order valence-electron chi connectivity index (χ1n) is 7.01. The van der Waals surface area contributed by atoms with Crippen LogP contribution in [0, 0.1) is 11.8 Å². The molecule has 0 aliphatic rings. The van der Waals surface area contributed by atoms with E-state index in [1.165, 1.54) is 0 Å². The molecule has 0 unspecified atom stereocenters. The van der Waals surface area contributed by atoms with E-state index < -0.39 is 0 Å². The van der Waals surface area contributed by atoms with Crippen molar-refractivity contribution in [3.8, 4) is 17.6 Å². The fraction of sp³-hybridized carbons (Fsp3) is 0.353. The first kappa shape index (κ1) is 15.5. The van der Waals surface area contributed by atoms with Crippen molar-refractivity contribution in [1.82, 2.24) is 9.78 Å². The van der Waals surface area contributed by atoms with Gasteiger partial charge in [0, 0.05) is 30.1 Å². The molecule has 2 rings (SSSR count). The minimum absolute atomic E-state index is 0.365. The number of rotatable bonds is 5. The zero-order valence-electron chi connectivity index (χ0n) is 12.3. The van der Waals surface area contributed by atoms with Crippen molar-refractivity contribution in [3.05, 3.63) is 47.8 Å². The van der Waals surface area contributed by atoms with Crippen LogP contribution in [0.2, 0.25) is 0 Å². The summed E-state index contributed by atoms with van der Waals surface area (Å²) >= 11 is 5.58. The minimum atomic E-state index is 0.365. The van der Waals surface area contributed by atoms with Crippen LogP contribution in [0.1, 0.15) is 37.6 Å². The summed E-state index contributed by atoms with van der Waals surface area (Å²) in [6, 6.07) is 10.1. The van der Waals surface area contributed by atoms with Crippen molar-refractivity contribution in [2.24, 2.45) is 0 Å². The topological polar surface area (TPSA) is 27.1 Å². The van der Waals surface area contributed by atoms with Crippen LogP contribution in [0.5, 0.6) is 5.75 Å². The Kier molecular flexibility index (Phi) is 5.71. The molecule has 0 spiro atoms. The number of aromatic nitrogens is 2. The first-order chi connectivity index (χ1) is 10.2. The van der Waals surface area contributed by atoms with Gasteiger partial charge in [0.15, 0.2) is 0 Å². The first-order valence-corrected chi connectivity index (χ1v) is 7.54. The van der Waals surface area contributed by atoms with Crippen LogP contribution in [-0.2, 0) is 6.61 Å². The van der Waals surface area contributed by atoms with Crippen LogP contribution < -0.4 is 4.74 Å². The third-order valence-corrected chi connectivity index (χ3v) is 3.07. The van der Waals surface area contributed by atoms with Crippen molar-refractivity contribution < 1.29 is 4.74 Å². The molecule has 0 atom stereocenters. The average molecular weight is 303 g/mol. The second-order valence-corrected chi connectivity index (χ2v) is 5.31. The van der Waals surface area contributed by atoms with Crippen LogP contribution in [0.3, 0.4) is 0 Å². The zero-order valence-corrected chi connectivity index (χ0v) is 13.1. The van der Waals surface area contributed by atoms with E-state index in [1.54, 1.807) is 0 Å². The number of halogens is 1. The van der Waals surface area contributed by atoms with Gasteiger partial charge in [-0.15, -0.1) is 11.6 Å². The number of nitrogens with zero attached hydrogens (tertiary/aromatic N) is 2. The maximum atomic E-state index is 5.72. The Morgan fingerprint density at radius 1 is 1.24 bits per heavy atom. The number of ether oxygens (including phenoxy) is 1. The minimum Gasteiger partial charge on any atom is -0.487 e. The molecule has 0 saturated carbocycles. The standard InChI is InChI=1S/C17H19ClN2O/c1-14(2)20-12-10-16(19-20)13-21-17-8-6-15(7-9-17)5-3-4-11-18/h6-10,12,14H,4,11,13H2,1-2H3. The molecule has 110 valence electrons. The average Bonchev–Trinajstić information content (AvgIpc) is 2.96. The lowest BCUT2D eigenvalue weighted by Gasteiger charge is -2.05. The van der Waals surface area contributed by atoms with Crippen molar-refractivity contribution in [3.63, 3.8) is 0 Å². The third-order valence-electron chi connectivity index (χ3n) is 2.89. The Labute approximate surface area is 130 Å². The molecule has 0 aliphatic carbocycles. The van der Waals surface area contributed by atoms with Gasteiger partial charge in [-0.05, 0) is 44.2 Å². The fourth-order valence-corrected chi connectivity index (χ4v) is 1.84. The Morgan fingerprint density at radius 2 is 2.00 bits per heavy atom. The molecule has 21 heavy (non-hydrogen) atoms. The molecule has 0 saturated heterocycles. The molecule has 0 bridgehead atoms. The number of benzene rings is 1. The molecule has 0 aliphatic heterocycles. The quantitative estimate of drug-likeness (QED) is 0.616. The second kappa shape index (κ2) is 7.75. The molecular weight excluding hydrogens is 284 g/mol. The SMILES string of the molecule is CC(C)n1ccc(COc2ccc(C#CCCCl)cc2)n1. The predicted molar refractivity (Wildman–Crippen MR) is 85.6 cm³/mol. The van der Waals surface area contributed by atoms with Gasteiger partial charge in [0.2, 0.25) is 0 Å². The zero-order chi connectivity index (χ0) is 15.1. The van der Waals surface area contributed by atoms with Crippen LogP contribution in [0.15, 0.2) is 36.5 Å². The van der Waals surface area contributed by atoms with E-state index in [-0.39, 0.29) is 0 Å². The van der Waals surface area contributed by atoms with E-state index >= 15 is 0 Å². The van der Waals surface area contributed by atoms with Gasteiger partial charge in [-0.1, -0.05) is 11.8 Å². The Morgan fingerprint density at radius 3 is 2.62 bits per heavy atom. The Hall–Kier alpha value is -1.92. The molecule has 2 aromatic rings. The van der Waals surface area contributed by atoms with Gasteiger partial charge >= 0.3 is 0 Å². The summed E-state index contributed by atoms with van der Waals surface area (Å²) in [4.78, 5) is 0. The molecule has 0 N–H and O–H groups in total. The van der Waals surface area contributed by atoms with Gasteiger partial charge in [0.05, 0.1) is 5.69 Å². The number of hydrogen-bond donors (Lipinski definition) is 0. The van der Waals surface area contributed by atoms with E-state index in [0.717, 1.165) is 17.0 Å². The number of hydrogen-bond acceptors (Lipinski definition) is 2. The van der Waals surface area contributed by atoms with E-state index in [1.807, 2.05) is 41.2 Å². The monoisotopic (exact) mass is 302 g/mol. The largest absolute Gasteiger partial charge is 0.487 e. The predicted octanol–water partition coefficient (Wildman–Crippen LogP) is 4.02. The Balaban J connectivity index is 1.90. The highest BCUT2D eigenvalue weighted by molar-refractivity contribution is 6.18. The molecular formula is C17H19ClN2O. The molecule has 1 aromatic carbocycles. The smallest absolute Gasteiger partial charge is 0.132 e. The van der Waals surface area contributed by atoms with Gasteiger partial charge in [-0.25, -0.2) is 0 Å². The van der Waals surface area contributed by atoms with Crippen LogP contribution in [0.25, 0.3) is 0 Å². The summed E-state index contributed by atoms with van der Waals surface area (Å²) < 4.78 is 7.65. The van der Waals surface area contributed by atoms with Crippen LogP contribution in [-0.4, -0.2) is 15.7 Å². The molecule has 0 radical (unpaired) electrons. The normalized spacial score (nSPS) is 10.3. The van der Waals surface area contributed by atoms with Gasteiger partial charge in [0.1, 0.15) is 12.4 Å². The van der Waals surface area contributed by atoms with Gasteiger partial charge in [0.25, 0.3) is 0 Å². The van der Waals surface area contributed by atoms with Crippen LogP contribution in [0.4, 0.5) is 0 Å². The lowest BCUT2D eigenvalue weighted by Crippen LogP contribution is -2.03. The summed E-state index contributed by atoms with van der Waals surface area (Å²) in [6.45, 7) is 4.67. The highest BCUT2D eigenvalue weighted by Crippen LogP contribution is 2.14. The Bertz CT molecular complexity index is 620. The van der Waals surface area contributed by atoms with E-state index in [4.69, 9.17) is 16.3 Å². The van der Waals surface area contributed by atoms with Gasteiger partial charge in [-0.2, -0.15) is 5.10 Å². The van der Waals surface area contributed by atoms with Gasteiger partial charge in [-0.3, -0.25) is 4.68 Å². The molecule has 0 fully saturated rings. The van der Waals surface area contributed by atoms with E-state index in [0.29, 0.717) is 24.9 Å². The number of alkyl halides is 1. The highest BCUT2D eigenvalue weighted by Gasteiger charge is 2.02. The van der Waals surface area contributed by atoms with Crippen molar-refractivity contribution in [2.75, 3.05) is 5.88 Å². The maximum Gasteiger partial charge on any atom is 0.132 e. The summed E-state index contributed by atoms with van der Waals surface area (Å²) in [5.41, 5.74) is 1.89. The van der Waals surface area contributed by atoms with E-state index in [9.17, 15) is 0 Å². The fourth-order valence-electron chi connectivity index (χ4n) is 1.75. The van der Waals surface area contributed by atoms with Gasteiger partial charge < -0.3 is 4.74 Å². The van der Waals surface area contributed by atoms with Crippen LogP contribution >= 0.6 is 11.6 Å². The van der Waals surface area contributed by atoms with E-state index in [2.05, 4.69) is 30.8 Å². The van der Waals surface area contributed by atoms with Crippen molar-refractivity contribution >= 4 is 11.6 Å². The third kappa shape index (κ3) is 4.84. The summed E-state index contributed by atoms with van der Waals surface area (Å²) in [5, 5.41) is 4.45. The second-order valence-electron chi connectivity index (χ2n) is 4.93. The maximum absolute atomic E-state index is 5.72. The summed E-state index contributed by atoms with van der Waals surface area (Å²) in [7, 11) is 0. The summed E-state index contributed by atoms with van der Waals surface area (Å²) in [6.07, 6.45) is 2.68. The molecule has 1 heterocycles. The molecule has 0 amide bonds. The molecule has 4 heteroatoms. The highest BCUT2D eigenvalue weighted by atomic mass is 35.5. The van der Waals surface area contributed by atoms with Crippen molar-refractivity contribution in [2.45, 2.75) is 32.9 Å².